The second-order valence-corrected chi connectivity index (χ2v) is 5.14. The van der Waals surface area contributed by atoms with Crippen molar-refractivity contribution in [3.8, 4) is 5.88 Å². The minimum atomic E-state index is -1.13. The standard InChI is InChI=1S/C17H17NO5/c1-10-13(16(19)20)7-12(8-14(10)17(21)22)4-3-11-5-6-15(23-2)18-9-11/h5-9H,3-4H2,1-2H3,(H,19,20)(H,21,22). The predicted octanol–water partition coefficient (Wildman–Crippen LogP) is 2.58. The zero-order chi connectivity index (χ0) is 17.0. The Hall–Kier alpha value is -2.89. The topological polar surface area (TPSA) is 96.7 Å². The molecule has 1 aromatic carbocycles. The molecule has 0 aliphatic carbocycles. The van der Waals surface area contributed by atoms with Crippen LogP contribution in [-0.4, -0.2) is 34.2 Å². The molecule has 0 amide bonds. The van der Waals surface area contributed by atoms with Crippen LogP contribution < -0.4 is 4.74 Å². The van der Waals surface area contributed by atoms with Gasteiger partial charge in [-0.15, -0.1) is 0 Å². The van der Waals surface area contributed by atoms with Gasteiger partial charge in [-0.2, -0.15) is 0 Å². The van der Waals surface area contributed by atoms with E-state index in [1.54, 1.807) is 12.3 Å². The van der Waals surface area contributed by atoms with Gasteiger partial charge in [-0.3, -0.25) is 0 Å². The summed E-state index contributed by atoms with van der Waals surface area (Å²) in [7, 11) is 1.54. The number of aryl methyl sites for hydroxylation is 2. The third-order valence-electron chi connectivity index (χ3n) is 3.64. The smallest absolute Gasteiger partial charge is 0.335 e. The van der Waals surface area contributed by atoms with E-state index in [0.717, 1.165) is 5.56 Å². The molecule has 2 rings (SSSR count). The fourth-order valence-electron chi connectivity index (χ4n) is 2.33. The van der Waals surface area contributed by atoms with Gasteiger partial charge in [0.15, 0.2) is 0 Å². The lowest BCUT2D eigenvalue weighted by molar-refractivity contribution is 0.0696. The van der Waals surface area contributed by atoms with Gasteiger partial charge >= 0.3 is 11.9 Å². The van der Waals surface area contributed by atoms with Crippen LogP contribution in [-0.2, 0) is 12.8 Å². The number of carbonyl (C=O) groups is 2. The number of carboxylic acid groups (broad SMARTS) is 2. The first-order chi connectivity index (χ1) is 10.9. The van der Waals surface area contributed by atoms with E-state index in [2.05, 4.69) is 4.98 Å². The van der Waals surface area contributed by atoms with Crippen molar-refractivity contribution < 1.29 is 24.5 Å². The number of aromatic carboxylic acids is 2. The monoisotopic (exact) mass is 315 g/mol. The lowest BCUT2D eigenvalue weighted by Gasteiger charge is -2.10. The van der Waals surface area contributed by atoms with Crippen molar-refractivity contribution in [2.24, 2.45) is 0 Å². The SMILES string of the molecule is COc1ccc(CCc2cc(C(=O)O)c(C)c(C(=O)O)c2)cn1. The third-order valence-corrected chi connectivity index (χ3v) is 3.64. The number of benzene rings is 1. The van der Waals surface area contributed by atoms with Crippen LogP contribution in [0.1, 0.15) is 37.4 Å². The van der Waals surface area contributed by atoms with Crippen molar-refractivity contribution >= 4 is 11.9 Å². The van der Waals surface area contributed by atoms with E-state index >= 15 is 0 Å². The average Bonchev–Trinajstić information content (AvgIpc) is 2.53. The lowest BCUT2D eigenvalue weighted by atomic mass is 9.95. The van der Waals surface area contributed by atoms with Crippen LogP contribution in [0.2, 0.25) is 0 Å². The van der Waals surface area contributed by atoms with Crippen molar-refractivity contribution in [1.29, 1.82) is 0 Å². The normalized spacial score (nSPS) is 10.3. The van der Waals surface area contributed by atoms with Crippen molar-refractivity contribution in [1.82, 2.24) is 4.98 Å². The number of hydrogen-bond donors (Lipinski definition) is 2. The minimum Gasteiger partial charge on any atom is -0.481 e. The van der Waals surface area contributed by atoms with Crippen LogP contribution in [0.25, 0.3) is 0 Å². The van der Waals surface area contributed by atoms with E-state index in [1.807, 2.05) is 6.07 Å². The second kappa shape index (κ2) is 6.91. The summed E-state index contributed by atoms with van der Waals surface area (Å²) in [5.41, 5.74) is 1.93. The Morgan fingerprint density at radius 2 is 1.61 bits per heavy atom. The first kappa shape index (κ1) is 16.5. The maximum absolute atomic E-state index is 11.3. The Bertz CT molecular complexity index is 702. The van der Waals surface area contributed by atoms with Crippen molar-refractivity contribution in [2.45, 2.75) is 19.8 Å². The molecule has 6 heteroatoms. The summed E-state index contributed by atoms with van der Waals surface area (Å²) in [5.74, 6) is -1.73. The quantitative estimate of drug-likeness (QED) is 0.850. The Morgan fingerprint density at radius 3 is 2.04 bits per heavy atom. The van der Waals surface area contributed by atoms with Crippen LogP contribution in [0.4, 0.5) is 0 Å². The van der Waals surface area contributed by atoms with Gasteiger partial charge in [0.05, 0.1) is 18.2 Å². The Morgan fingerprint density at radius 1 is 1.04 bits per heavy atom. The highest BCUT2D eigenvalue weighted by atomic mass is 16.5. The maximum atomic E-state index is 11.3. The van der Waals surface area contributed by atoms with Gasteiger partial charge in [-0.1, -0.05) is 6.07 Å². The number of rotatable bonds is 6. The molecule has 0 fully saturated rings. The molecule has 0 aliphatic heterocycles. The number of methoxy groups -OCH3 is 1. The van der Waals surface area contributed by atoms with Crippen LogP contribution in [0.3, 0.4) is 0 Å². The molecule has 1 heterocycles. The molecular formula is C17H17NO5. The average molecular weight is 315 g/mol. The highest BCUT2D eigenvalue weighted by molar-refractivity contribution is 5.96. The molecule has 2 N–H and O–H groups in total. The molecule has 0 saturated carbocycles. The summed E-state index contributed by atoms with van der Waals surface area (Å²) in [4.78, 5) is 26.7. The lowest BCUT2D eigenvalue weighted by Crippen LogP contribution is -2.09. The number of hydrogen-bond acceptors (Lipinski definition) is 4. The first-order valence-corrected chi connectivity index (χ1v) is 7.01. The van der Waals surface area contributed by atoms with E-state index < -0.39 is 11.9 Å². The summed E-state index contributed by atoms with van der Waals surface area (Å²) in [6.45, 7) is 1.50. The van der Waals surface area contributed by atoms with Crippen molar-refractivity contribution in [3.63, 3.8) is 0 Å². The van der Waals surface area contributed by atoms with Gasteiger partial charge in [-0.05, 0) is 48.6 Å². The van der Waals surface area contributed by atoms with Crippen LogP contribution in [0.5, 0.6) is 5.88 Å². The van der Waals surface area contributed by atoms with Gasteiger partial charge in [0.1, 0.15) is 0 Å². The van der Waals surface area contributed by atoms with Crippen LogP contribution in [0.15, 0.2) is 30.5 Å². The molecule has 0 aliphatic rings. The molecule has 2 aromatic rings. The summed E-state index contributed by atoms with van der Waals surface area (Å²) in [5, 5.41) is 18.4. The van der Waals surface area contributed by atoms with Crippen LogP contribution >= 0.6 is 0 Å². The minimum absolute atomic E-state index is 0.0211. The number of carboxylic acids is 2. The van der Waals surface area contributed by atoms with E-state index in [-0.39, 0.29) is 16.7 Å². The van der Waals surface area contributed by atoms with E-state index in [4.69, 9.17) is 4.74 Å². The molecule has 0 unspecified atom stereocenters. The largest absolute Gasteiger partial charge is 0.481 e. The Kier molecular flexibility index (Phi) is 4.95. The van der Waals surface area contributed by atoms with E-state index in [9.17, 15) is 19.8 Å². The fraction of sp³-hybridized carbons (Fsp3) is 0.235. The van der Waals surface area contributed by atoms with E-state index in [0.29, 0.717) is 24.3 Å². The number of ether oxygens (including phenoxy) is 1. The third kappa shape index (κ3) is 3.85. The highest BCUT2D eigenvalue weighted by Crippen LogP contribution is 2.19. The Balaban J connectivity index is 2.24. The molecule has 6 nitrogen and oxygen atoms in total. The van der Waals surface area contributed by atoms with Gasteiger partial charge in [0.2, 0.25) is 5.88 Å². The molecule has 0 spiro atoms. The highest BCUT2D eigenvalue weighted by Gasteiger charge is 2.17. The number of nitrogens with zero attached hydrogens (tertiary/aromatic N) is 1. The molecule has 0 bridgehead atoms. The summed E-state index contributed by atoms with van der Waals surface area (Å²) >= 11 is 0. The molecule has 0 saturated heterocycles. The van der Waals surface area contributed by atoms with E-state index in [1.165, 1.54) is 26.2 Å². The zero-order valence-electron chi connectivity index (χ0n) is 12.9. The van der Waals surface area contributed by atoms with Gasteiger partial charge in [0.25, 0.3) is 0 Å². The second-order valence-electron chi connectivity index (χ2n) is 5.14. The zero-order valence-corrected chi connectivity index (χ0v) is 12.9. The molecular weight excluding hydrogens is 298 g/mol. The molecule has 1 aromatic heterocycles. The summed E-state index contributed by atoms with van der Waals surface area (Å²) < 4.78 is 4.99. The Labute approximate surface area is 133 Å². The fourth-order valence-corrected chi connectivity index (χ4v) is 2.33. The summed E-state index contributed by atoms with van der Waals surface area (Å²) in [6, 6.07) is 6.67. The van der Waals surface area contributed by atoms with Gasteiger partial charge in [0, 0.05) is 12.3 Å². The summed E-state index contributed by atoms with van der Waals surface area (Å²) in [6.07, 6.45) is 2.83. The maximum Gasteiger partial charge on any atom is 0.335 e. The van der Waals surface area contributed by atoms with Gasteiger partial charge < -0.3 is 14.9 Å². The first-order valence-electron chi connectivity index (χ1n) is 7.01. The van der Waals surface area contributed by atoms with Crippen LogP contribution in [0, 0.1) is 6.92 Å². The number of aromatic nitrogens is 1. The van der Waals surface area contributed by atoms with Crippen molar-refractivity contribution in [3.05, 3.63) is 58.3 Å². The molecule has 120 valence electrons. The predicted molar refractivity (Wildman–Crippen MR) is 83.3 cm³/mol. The number of pyridine rings is 1. The van der Waals surface area contributed by atoms with Crippen molar-refractivity contribution in [2.75, 3.05) is 7.11 Å². The molecule has 0 atom stereocenters. The molecule has 23 heavy (non-hydrogen) atoms. The molecule has 0 radical (unpaired) electrons. The van der Waals surface area contributed by atoms with Gasteiger partial charge in [-0.25, -0.2) is 14.6 Å².